The van der Waals surface area contributed by atoms with Crippen LogP contribution in [0.4, 0.5) is 11.4 Å². The van der Waals surface area contributed by atoms with E-state index in [1.165, 1.54) is 19.6 Å². The van der Waals surface area contributed by atoms with Gasteiger partial charge in [0.15, 0.2) is 0 Å². The van der Waals surface area contributed by atoms with Crippen LogP contribution >= 0.6 is 0 Å². The Bertz CT molecular complexity index is 498. The van der Waals surface area contributed by atoms with Crippen molar-refractivity contribution in [3.63, 3.8) is 0 Å². The molecule has 0 heterocycles. The number of nitro groups is 1. The van der Waals surface area contributed by atoms with Gasteiger partial charge in [0.25, 0.3) is 5.69 Å². The van der Waals surface area contributed by atoms with E-state index in [9.17, 15) is 10.1 Å². The molecule has 1 aliphatic carbocycles. The largest absolute Gasteiger partial charge is 0.496 e. The zero-order chi connectivity index (χ0) is 14.8. The van der Waals surface area contributed by atoms with Gasteiger partial charge in [-0.2, -0.15) is 0 Å². The maximum Gasteiger partial charge on any atom is 0.296 e. The van der Waals surface area contributed by atoms with Gasteiger partial charge in [-0.3, -0.25) is 10.1 Å². The molecule has 0 amide bonds. The molecule has 0 saturated heterocycles. The van der Waals surface area contributed by atoms with E-state index in [0.29, 0.717) is 18.0 Å². The first kappa shape index (κ1) is 14.6. The number of rotatable bonds is 6. The highest BCUT2D eigenvalue weighted by molar-refractivity contribution is 5.64. The Morgan fingerprint density at radius 3 is 2.60 bits per heavy atom. The third-order valence-corrected chi connectivity index (χ3v) is 4.24. The van der Waals surface area contributed by atoms with Crippen molar-refractivity contribution in [1.29, 1.82) is 0 Å². The molecule has 1 N–H and O–H groups in total. The number of hydrogen-bond acceptors (Lipinski definition) is 5. The predicted octanol–water partition coefficient (Wildman–Crippen LogP) is 2.50. The Kier molecular flexibility index (Phi) is 4.13. The molecule has 1 fully saturated rings. The van der Waals surface area contributed by atoms with Crippen molar-refractivity contribution in [3.05, 3.63) is 28.3 Å². The first-order valence-electron chi connectivity index (χ1n) is 6.72. The van der Waals surface area contributed by atoms with Crippen LogP contribution < -0.4 is 10.1 Å². The smallest absolute Gasteiger partial charge is 0.296 e. The minimum absolute atomic E-state index is 0.0533. The topological polar surface area (TPSA) is 67.6 Å². The van der Waals surface area contributed by atoms with Crippen molar-refractivity contribution in [2.45, 2.75) is 24.8 Å². The lowest BCUT2D eigenvalue weighted by atomic mass is 9.75. The highest BCUT2D eigenvalue weighted by atomic mass is 16.6. The SMILES string of the molecule is COc1ccc(NCC2(N(C)C)CCC2)c([N+](=O)[O-])c1. The van der Waals surface area contributed by atoms with Crippen LogP contribution in [-0.4, -0.2) is 43.1 Å². The fourth-order valence-corrected chi connectivity index (χ4v) is 2.57. The molecule has 1 aromatic carbocycles. The van der Waals surface area contributed by atoms with E-state index >= 15 is 0 Å². The van der Waals surface area contributed by atoms with Crippen LogP contribution in [0.15, 0.2) is 18.2 Å². The average molecular weight is 279 g/mol. The van der Waals surface area contributed by atoms with E-state index < -0.39 is 0 Å². The number of anilines is 1. The van der Waals surface area contributed by atoms with Crippen molar-refractivity contribution < 1.29 is 9.66 Å². The van der Waals surface area contributed by atoms with Gasteiger partial charge in [-0.25, -0.2) is 0 Å². The van der Waals surface area contributed by atoms with E-state index in [-0.39, 0.29) is 16.1 Å². The summed E-state index contributed by atoms with van der Waals surface area (Å²) < 4.78 is 5.04. The monoisotopic (exact) mass is 279 g/mol. The number of nitrogens with one attached hydrogen (secondary N) is 1. The van der Waals surface area contributed by atoms with Gasteiger partial charge >= 0.3 is 0 Å². The first-order chi connectivity index (χ1) is 9.48. The summed E-state index contributed by atoms with van der Waals surface area (Å²) in [6, 6.07) is 4.89. The summed E-state index contributed by atoms with van der Waals surface area (Å²) in [6.07, 6.45) is 3.46. The maximum atomic E-state index is 11.1. The van der Waals surface area contributed by atoms with E-state index in [1.807, 2.05) is 0 Å². The van der Waals surface area contributed by atoms with Crippen molar-refractivity contribution in [2.24, 2.45) is 0 Å². The number of nitro benzene ring substituents is 1. The second-order valence-corrected chi connectivity index (χ2v) is 5.47. The Labute approximate surface area is 118 Å². The van der Waals surface area contributed by atoms with Gasteiger partial charge in [0, 0.05) is 12.1 Å². The second-order valence-electron chi connectivity index (χ2n) is 5.47. The fourth-order valence-electron chi connectivity index (χ4n) is 2.57. The molecule has 20 heavy (non-hydrogen) atoms. The second kappa shape index (κ2) is 5.66. The highest BCUT2D eigenvalue weighted by Crippen LogP contribution is 2.37. The van der Waals surface area contributed by atoms with Crippen LogP contribution in [0.1, 0.15) is 19.3 Å². The molecule has 1 aromatic rings. The lowest BCUT2D eigenvalue weighted by Crippen LogP contribution is -2.54. The lowest BCUT2D eigenvalue weighted by molar-refractivity contribution is -0.384. The van der Waals surface area contributed by atoms with Gasteiger partial charge in [-0.1, -0.05) is 0 Å². The van der Waals surface area contributed by atoms with Crippen LogP contribution in [0.3, 0.4) is 0 Å². The van der Waals surface area contributed by atoms with E-state index in [2.05, 4.69) is 24.3 Å². The zero-order valence-electron chi connectivity index (χ0n) is 12.2. The quantitative estimate of drug-likeness (QED) is 0.640. The molecule has 1 saturated carbocycles. The molecule has 1 aliphatic rings. The van der Waals surface area contributed by atoms with Crippen LogP contribution in [0.25, 0.3) is 0 Å². The lowest BCUT2D eigenvalue weighted by Gasteiger charge is -2.47. The van der Waals surface area contributed by atoms with Gasteiger partial charge in [0.1, 0.15) is 11.4 Å². The summed E-state index contributed by atoms with van der Waals surface area (Å²) in [4.78, 5) is 13.0. The van der Waals surface area contributed by atoms with Crippen molar-refractivity contribution in [3.8, 4) is 5.75 Å². The summed E-state index contributed by atoms with van der Waals surface area (Å²) in [5.41, 5.74) is 0.717. The minimum atomic E-state index is -0.381. The zero-order valence-corrected chi connectivity index (χ0v) is 12.2. The van der Waals surface area contributed by atoms with Gasteiger partial charge in [0.05, 0.1) is 18.1 Å². The Morgan fingerprint density at radius 2 is 2.15 bits per heavy atom. The highest BCUT2D eigenvalue weighted by Gasteiger charge is 2.39. The predicted molar refractivity (Wildman–Crippen MR) is 78.4 cm³/mol. The van der Waals surface area contributed by atoms with Crippen LogP contribution in [0, 0.1) is 10.1 Å². The standard InChI is InChI=1S/C14H21N3O3/c1-16(2)14(7-4-8-14)10-15-12-6-5-11(20-3)9-13(12)17(18)19/h5-6,9,15H,4,7-8,10H2,1-3H3. The summed E-state index contributed by atoms with van der Waals surface area (Å²) in [5, 5.41) is 14.4. The van der Waals surface area contributed by atoms with Crippen molar-refractivity contribution in [2.75, 3.05) is 33.1 Å². The number of methoxy groups -OCH3 is 1. The van der Waals surface area contributed by atoms with E-state index in [1.54, 1.807) is 12.1 Å². The van der Waals surface area contributed by atoms with Crippen LogP contribution in [0.2, 0.25) is 0 Å². The molecule has 0 bridgehead atoms. The number of benzene rings is 1. The average Bonchev–Trinajstić information content (AvgIpc) is 2.36. The molecule has 0 spiro atoms. The number of ether oxygens (including phenoxy) is 1. The fraction of sp³-hybridized carbons (Fsp3) is 0.571. The number of likely N-dealkylation sites (N-methyl/N-ethyl adjacent to an activating group) is 1. The van der Waals surface area contributed by atoms with E-state index in [4.69, 9.17) is 4.74 Å². The van der Waals surface area contributed by atoms with Crippen molar-refractivity contribution >= 4 is 11.4 Å². The first-order valence-corrected chi connectivity index (χ1v) is 6.72. The maximum absolute atomic E-state index is 11.1. The Balaban J connectivity index is 2.15. The van der Waals surface area contributed by atoms with Gasteiger partial charge in [0.2, 0.25) is 0 Å². The summed E-state index contributed by atoms with van der Waals surface area (Å²) >= 11 is 0. The minimum Gasteiger partial charge on any atom is -0.496 e. The van der Waals surface area contributed by atoms with Crippen molar-refractivity contribution in [1.82, 2.24) is 4.90 Å². The summed E-state index contributed by atoms with van der Waals surface area (Å²) in [7, 11) is 5.62. The number of nitrogens with zero attached hydrogens (tertiary/aromatic N) is 2. The normalized spacial score (nSPS) is 16.6. The van der Waals surface area contributed by atoms with Gasteiger partial charge in [-0.15, -0.1) is 0 Å². The molecular formula is C14H21N3O3. The third-order valence-electron chi connectivity index (χ3n) is 4.24. The molecule has 2 rings (SSSR count). The Morgan fingerprint density at radius 1 is 1.45 bits per heavy atom. The molecule has 0 aromatic heterocycles. The molecule has 0 unspecified atom stereocenters. The third kappa shape index (κ3) is 2.70. The number of hydrogen-bond donors (Lipinski definition) is 1. The van der Waals surface area contributed by atoms with Crippen LogP contribution in [0.5, 0.6) is 5.75 Å². The molecule has 0 aliphatic heterocycles. The molecule has 0 atom stereocenters. The summed E-state index contributed by atoms with van der Waals surface area (Å²) in [5.74, 6) is 0.494. The molecule has 110 valence electrons. The molecule has 6 heteroatoms. The Hall–Kier alpha value is -1.82. The summed E-state index contributed by atoms with van der Waals surface area (Å²) in [6.45, 7) is 0.715. The molecular weight excluding hydrogens is 258 g/mol. The van der Waals surface area contributed by atoms with Gasteiger partial charge < -0.3 is 15.0 Å². The van der Waals surface area contributed by atoms with Crippen LogP contribution in [-0.2, 0) is 0 Å². The van der Waals surface area contributed by atoms with Gasteiger partial charge in [-0.05, 0) is 45.5 Å². The molecule has 0 radical (unpaired) electrons. The van der Waals surface area contributed by atoms with E-state index in [0.717, 1.165) is 12.8 Å². The molecule has 6 nitrogen and oxygen atoms in total.